The van der Waals surface area contributed by atoms with E-state index in [1.165, 1.54) is 0 Å². The summed E-state index contributed by atoms with van der Waals surface area (Å²) in [6.07, 6.45) is 2.86. The van der Waals surface area contributed by atoms with Gasteiger partial charge in [-0.1, -0.05) is 0 Å². The highest BCUT2D eigenvalue weighted by Crippen LogP contribution is 2.28. The first kappa shape index (κ1) is 18.3. The SMILES string of the molecule is CC(=O)CCCOc1cc(N)c(C(=O)N2CCC[C@H]2CO)cc1C. The van der Waals surface area contributed by atoms with Crippen LogP contribution < -0.4 is 10.5 Å². The van der Waals surface area contributed by atoms with Crippen LogP contribution >= 0.6 is 0 Å². The quantitative estimate of drug-likeness (QED) is 0.587. The Balaban J connectivity index is 2.08. The molecule has 0 bridgehead atoms. The number of amides is 1. The zero-order valence-electron chi connectivity index (χ0n) is 14.4. The van der Waals surface area contributed by atoms with E-state index in [2.05, 4.69) is 0 Å². The summed E-state index contributed by atoms with van der Waals surface area (Å²) >= 11 is 0. The number of likely N-dealkylation sites (tertiary alicyclic amines) is 1. The molecule has 0 aliphatic carbocycles. The first-order chi connectivity index (χ1) is 11.4. The van der Waals surface area contributed by atoms with Gasteiger partial charge in [0, 0.05) is 24.7 Å². The number of aliphatic hydroxyl groups is 1. The highest BCUT2D eigenvalue weighted by molar-refractivity contribution is 6.00. The molecule has 0 radical (unpaired) electrons. The Bertz CT molecular complexity index is 615. The molecule has 1 aliphatic heterocycles. The molecule has 24 heavy (non-hydrogen) atoms. The number of anilines is 1. The number of aliphatic hydroxyl groups excluding tert-OH is 1. The van der Waals surface area contributed by atoms with Crippen LogP contribution in [0.15, 0.2) is 12.1 Å². The minimum atomic E-state index is -0.143. The zero-order valence-corrected chi connectivity index (χ0v) is 14.4. The number of carbonyl (C=O) groups is 2. The van der Waals surface area contributed by atoms with Crippen LogP contribution in [0.2, 0.25) is 0 Å². The molecule has 132 valence electrons. The van der Waals surface area contributed by atoms with E-state index in [4.69, 9.17) is 10.5 Å². The second-order valence-electron chi connectivity index (χ2n) is 6.34. The third-order valence-corrected chi connectivity index (χ3v) is 4.36. The van der Waals surface area contributed by atoms with E-state index in [0.717, 1.165) is 18.4 Å². The van der Waals surface area contributed by atoms with Gasteiger partial charge in [-0.25, -0.2) is 0 Å². The zero-order chi connectivity index (χ0) is 17.7. The van der Waals surface area contributed by atoms with Gasteiger partial charge in [0.15, 0.2) is 0 Å². The largest absolute Gasteiger partial charge is 0.493 e. The number of nitrogens with zero attached hydrogens (tertiary/aromatic N) is 1. The van der Waals surface area contributed by atoms with Gasteiger partial charge in [0.25, 0.3) is 5.91 Å². The second kappa shape index (κ2) is 8.15. The molecule has 1 saturated heterocycles. The normalized spacial score (nSPS) is 17.1. The lowest BCUT2D eigenvalue weighted by Crippen LogP contribution is -2.38. The summed E-state index contributed by atoms with van der Waals surface area (Å²) in [5, 5.41) is 9.39. The highest BCUT2D eigenvalue weighted by Gasteiger charge is 2.30. The third-order valence-electron chi connectivity index (χ3n) is 4.36. The van der Waals surface area contributed by atoms with E-state index < -0.39 is 0 Å². The molecule has 3 N–H and O–H groups in total. The van der Waals surface area contributed by atoms with Crippen molar-refractivity contribution in [1.82, 2.24) is 4.90 Å². The number of Topliss-reactive ketones (excluding diaryl/α,β-unsaturated/α-hetero) is 1. The Morgan fingerprint density at radius 1 is 1.42 bits per heavy atom. The van der Waals surface area contributed by atoms with Gasteiger partial charge < -0.3 is 25.3 Å². The molecule has 1 fully saturated rings. The Morgan fingerprint density at radius 2 is 2.17 bits per heavy atom. The van der Waals surface area contributed by atoms with E-state index in [1.807, 2.05) is 6.92 Å². The molecule has 1 atom stereocenters. The van der Waals surface area contributed by atoms with E-state index in [0.29, 0.717) is 43.0 Å². The monoisotopic (exact) mass is 334 g/mol. The summed E-state index contributed by atoms with van der Waals surface area (Å²) < 4.78 is 5.67. The van der Waals surface area contributed by atoms with Crippen molar-refractivity contribution in [3.8, 4) is 5.75 Å². The molecule has 0 saturated carbocycles. The Kier molecular flexibility index (Phi) is 6.20. The summed E-state index contributed by atoms with van der Waals surface area (Å²) in [7, 11) is 0. The minimum absolute atomic E-state index is 0.0258. The number of nitrogens with two attached hydrogens (primary N) is 1. The van der Waals surface area contributed by atoms with Gasteiger partial charge in [0.1, 0.15) is 11.5 Å². The molecule has 0 unspecified atom stereocenters. The van der Waals surface area contributed by atoms with Crippen LogP contribution in [0.4, 0.5) is 5.69 Å². The molecule has 2 rings (SSSR count). The molecular weight excluding hydrogens is 308 g/mol. The van der Waals surface area contributed by atoms with Crippen LogP contribution in [0.25, 0.3) is 0 Å². The highest BCUT2D eigenvalue weighted by atomic mass is 16.5. The number of ether oxygens (including phenoxy) is 1. The number of ketones is 1. The molecule has 1 amide bonds. The lowest BCUT2D eigenvalue weighted by Gasteiger charge is -2.24. The lowest BCUT2D eigenvalue weighted by atomic mass is 10.1. The lowest BCUT2D eigenvalue weighted by molar-refractivity contribution is -0.117. The van der Waals surface area contributed by atoms with Crippen molar-refractivity contribution in [2.45, 2.75) is 45.6 Å². The maximum atomic E-state index is 12.7. The van der Waals surface area contributed by atoms with Gasteiger partial charge in [0.05, 0.1) is 24.8 Å². The van der Waals surface area contributed by atoms with Crippen LogP contribution in [0.1, 0.15) is 48.5 Å². The fourth-order valence-corrected chi connectivity index (χ4v) is 3.00. The Morgan fingerprint density at radius 3 is 2.83 bits per heavy atom. The molecule has 1 aliphatic rings. The molecule has 1 heterocycles. The Hall–Kier alpha value is -2.08. The van der Waals surface area contributed by atoms with Crippen molar-refractivity contribution >= 4 is 17.4 Å². The standard InChI is InChI=1S/C18H26N2O4/c1-12-9-15(18(23)20-7-3-6-14(20)11-21)16(19)10-17(12)24-8-4-5-13(2)22/h9-10,14,21H,3-8,11,19H2,1-2H3/t14-/m0/s1. The fourth-order valence-electron chi connectivity index (χ4n) is 3.00. The minimum Gasteiger partial charge on any atom is -0.493 e. The van der Waals surface area contributed by atoms with Crippen molar-refractivity contribution in [3.05, 3.63) is 23.3 Å². The number of hydrogen-bond donors (Lipinski definition) is 2. The predicted octanol–water partition coefficient (Wildman–Crippen LogP) is 1.92. The van der Waals surface area contributed by atoms with Crippen LogP contribution in [0.3, 0.4) is 0 Å². The molecular formula is C18H26N2O4. The summed E-state index contributed by atoms with van der Waals surface area (Å²) in [5.41, 5.74) is 7.70. The topological polar surface area (TPSA) is 92.9 Å². The van der Waals surface area contributed by atoms with Gasteiger partial charge >= 0.3 is 0 Å². The van der Waals surface area contributed by atoms with Gasteiger partial charge in [-0.15, -0.1) is 0 Å². The summed E-state index contributed by atoms with van der Waals surface area (Å²) in [4.78, 5) is 25.3. The smallest absolute Gasteiger partial charge is 0.256 e. The molecule has 0 spiro atoms. The van der Waals surface area contributed by atoms with Gasteiger partial charge in [0.2, 0.25) is 0 Å². The van der Waals surface area contributed by atoms with E-state index in [-0.39, 0.29) is 24.3 Å². The third kappa shape index (κ3) is 4.26. The molecule has 6 heteroatoms. The average molecular weight is 334 g/mol. The fraction of sp³-hybridized carbons (Fsp3) is 0.556. The van der Waals surface area contributed by atoms with Crippen molar-refractivity contribution < 1.29 is 19.4 Å². The Labute approximate surface area is 142 Å². The number of carbonyl (C=O) groups excluding carboxylic acids is 2. The van der Waals surface area contributed by atoms with Crippen molar-refractivity contribution in [2.75, 3.05) is 25.5 Å². The second-order valence-corrected chi connectivity index (χ2v) is 6.34. The van der Waals surface area contributed by atoms with Crippen LogP contribution in [0.5, 0.6) is 5.75 Å². The molecule has 1 aromatic rings. The summed E-state index contributed by atoms with van der Waals surface area (Å²) in [6.45, 7) is 4.48. The van der Waals surface area contributed by atoms with E-state index in [1.54, 1.807) is 24.0 Å². The number of aryl methyl sites for hydroxylation is 1. The molecule has 0 aromatic heterocycles. The van der Waals surface area contributed by atoms with Crippen molar-refractivity contribution in [2.24, 2.45) is 0 Å². The van der Waals surface area contributed by atoms with Gasteiger partial charge in [-0.2, -0.15) is 0 Å². The van der Waals surface area contributed by atoms with E-state index >= 15 is 0 Å². The van der Waals surface area contributed by atoms with Gasteiger partial charge in [-0.3, -0.25) is 4.79 Å². The average Bonchev–Trinajstić information content (AvgIpc) is 3.02. The van der Waals surface area contributed by atoms with Crippen LogP contribution in [-0.4, -0.2) is 47.5 Å². The maximum Gasteiger partial charge on any atom is 0.256 e. The van der Waals surface area contributed by atoms with Crippen LogP contribution in [0, 0.1) is 6.92 Å². The summed E-state index contributed by atoms with van der Waals surface area (Å²) in [6, 6.07) is 3.28. The van der Waals surface area contributed by atoms with Crippen molar-refractivity contribution in [1.29, 1.82) is 0 Å². The van der Waals surface area contributed by atoms with Crippen molar-refractivity contribution in [3.63, 3.8) is 0 Å². The number of benzene rings is 1. The first-order valence-electron chi connectivity index (χ1n) is 8.38. The van der Waals surface area contributed by atoms with Gasteiger partial charge in [-0.05, 0) is 44.7 Å². The number of nitrogen functional groups attached to an aromatic ring is 1. The number of hydrogen-bond acceptors (Lipinski definition) is 5. The molecule has 6 nitrogen and oxygen atoms in total. The maximum absolute atomic E-state index is 12.7. The predicted molar refractivity (Wildman–Crippen MR) is 92.1 cm³/mol. The van der Waals surface area contributed by atoms with E-state index in [9.17, 15) is 14.7 Å². The summed E-state index contributed by atoms with van der Waals surface area (Å²) in [5.74, 6) is 0.628. The first-order valence-corrected chi connectivity index (χ1v) is 8.38. The number of rotatable bonds is 7. The van der Waals surface area contributed by atoms with Crippen LogP contribution in [-0.2, 0) is 4.79 Å². The molecule has 1 aromatic carbocycles.